The quantitative estimate of drug-likeness (QED) is 0.174. The van der Waals surface area contributed by atoms with E-state index in [-0.39, 0.29) is 10.8 Å². The van der Waals surface area contributed by atoms with Gasteiger partial charge in [0, 0.05) is 58.4 Å². The van der Waals surface area contributed by atoms with E-state index in [9.17, 15) is 15.2 Å². The van der Waals surface area contributed by atoms with E-state index in [4.69, 9.17) is 26.3 Å². The summed E-state index contributed by atoms with van der Waals surface area (Å²) in [6.07, 6.45) is 9.93. The van der Waals surface area contributed by atoms with Gasteiger partial charge < -0.3 is 19.3 Å². The number of carboxylic acid groups (broad SMARTS) is 1. The highest BCUT2D eigenvalue weighted by molar-refractivity contribution is 7.98. The molecule has 1 aliphatic heterocycles. The molecule has 0 unspecified atom stereocenters. The molecule has 44 heavy (non-hydrogen) atoms. The molecule has 0 bridgehead atoms. The lowest BCUT2D eigenvalue weighted by Crippen LogP contribution is -2.57. The minimum atomic E-state index is -0.926. The maximum absolute atomic E-state index is 11.6. The normalized spacial score (nSPS) is 18.1. The number of carbonyl (C=O) groups is 1. The number of imidazole rings is 1. The Bertz CT molecular complexity index is 1830. The van der Waals surface area contributed by atoms with Crippen LogP contribution < -0.4 is 9.64 Å². The van der Waals surface area contributed by atoms with E-state index >= 15 is 0 Å². The van der Waals surface area contributed by atoms with Gasteiger partial charge in [-0.05, 0) is 68.2 Å². The number of carboxylic acids is 1. The van der Waals surface area contributed by atoms with Crippen LogP contribution in [0.3, 0.4) is 0 Å². The van der Waals surface area contributed by atoms with Crippen molar-refractivity contribution < 1.29 is 14.6 Å². The molecule has 0 atom stereocenters. The average molecular weight is 646 g/mol. The second-order valence-corrected chi connectivity index (χ2v) is 14.6. The smallest absolute Gasteiger partial charge is 0.346 e. The van der Waals surface area contributed by atoms with Crippen LogP contribution >= 0.6 is 34.7 Å². The molecular weight excluding hydrogens is 614 g/mol. The Balaban J connectivity index is 1.04. The van der Waals surface area contributed by atoms with Crippen LogP contribution in [-0.2, 0) is 13.2 Å². The van der Waals surface area contributed by atoms with Crippen LogP contribution in [0.15, 0.2) is 53.4 Å². The summed E-state index contributed by atoms with van der Waals surface area (Å²) in [4.78, 5) is 25.9. The minimum absolute atomic E-state index is 0.0230. The number of halogens is 1. The molecule has 2 fully saturated rings. The van der Waals surface area contributed by atoms with Gasteiger partial charge in [0.05, 0.1) is 17.3 Å². The van der Waals surface area contributed by atoms with Gasteiger partial charge in [0.2, 0.25) is 11.8 Å². The molecule has 1 spiro atoms. The number of anilines is 1. The van der Waals surface area contributed by atoms with Crippen LogP contribution in [0.4, 0.5) is 5.95 Å². The van der Waals surface area contributed by atoms with Gasteiger partial charge in [-0.3, -0.25) is 0 Å². The molecule has 1 aromatic carbocycles. The predicted octanol–water partition coefficient (Wildman–Crippen LogP) is 7.91. The maximum Gasteiger partial charge on any atom is 0.346 e. The summed E-state index contributed by atoms with van der Waals surface area (Å²) in [5.41, 5.74) is 4.35. The highest BCUT2D eigenvalue weighted by Gasteiger charge is 2.47. The van der Waals surface area contributed by atoms with Gasteiger partial charge in [-0.2, -0.15) is 5.26 Å². The molecular formula is C33H32ClN5O3S2. The van der Waals surface area contributed by atoms with Crippen molar-refractivity contribution in [2.45, 2.75) is 56.6 Å². The van der Waals surface area contributed by atoms with Gasteiger partial charge in [0.25, 0.3) is 0 Å². The largest absolute Gasteiger partial charge is 0.477 e. The van der Waals surface area contributed by atoms with Crippen LogP contribution in [0.1, 0.15) is 59.5 Å². The predicted molar refractivity (Wildman–Crippen MR) is 175 cm³/mol. The molecule has 2 aliphatic carbocycles. The Kier molecular flexibility index (Phi) is 7.59. The molecule has 8 nitrogen and oxygen atoms in total. The van der Waals surface area contributed by atoms with E-state index in [1.54, 1.807) is 17.8 Å². The van der Waals surface area contributed by atoms with Gasteiger partial charge in [0.15, 0.2) is 0 Å². The van der Waals surface area contributed by atoms with Crippen molar-refractivity contribution in [1.29, 1.82) is 5.26 Å². The third kappa shape index (κ3) is 5.57. The van der Waals surface area contributed by atoms with Crippen LogP contribution in [0.5, 0.6) is 5.88 Å². The molecule has 1 saturated carbocycles. The third-order valence-electron chi connectivity index (χ3n) is 9.26. The van der Waals surface area contributed by atoms with Crippen molar-refractivity contribution in [2.24, 2.45) is 10.8 Å². The van der Waals surface area contributed by atoms with Crippen LogP contribution in [0.25, 0.3) is 15.9 Å². The number of fused-ring (bicyclic) bond motifs is 1. The van der Waals surface area contributed by atoms with E-state index < -0.39 is 5.97 Å². The Hall–Kier alpha value is -3.52. The van der Waals surface area contributed by atoms with Gasteiger partial charge in [0.1, 0.15) is 16.3 Å². The fourth-order valence-corrected chi connectivity index (χ4v) is 8.25. The second-order valence-electron chi connectivity index (χ2n) is 12.3. The number of allylic oxidation sites excluding steroid dienone is 2. The Morgan fingerprint density at radius 1 is 1.20 bits per heavy atom. The molecule has 7 rings (SSSR count). The summed E-state index contributed by atoms with van der Waals surface area (Å²) in [6.45, 7) is 2.96. The number of pyridine rings is 1. The number of nitriles is 1. The summed E-state index contributed by atoms with van der Waals surface area (Å²) < 4.78 is 8.27. The summed E-state index contributed by atoms with van der Waals surface area (Å²) in [6, 6.07) is 15.9. The average Bonchev–Trinajstić information content (AvgIpc) is 3.50. The van der Waals surface area contributed by atoms with Gasteiger partial charge in [-0.15, -0.1) is 23.1 Å². The van der Waals surface area contributed by atoms with E-state index in [0.717, 1.165) is 82.7 Å². The number of thiophene rings is 1. The molecule has 0 amide bonds. The molecule has 3 aromatic heterocycles. The first-order valence-electron chi connectivity index (χ1n) is 14.8. The fourth-order valence-electron chi connectivity index (χ4n) is 6.51. The second kappa shape index (κ2) is 11.4. The van der Waals surface area contributed by atoms with Crippen molar-refractivity contribution >= 4 is 62.5 Å². The zero-order valence-electron chi connectivity index (χ0n) is 24.4. The molecule has 1 N–H and O–H groups in total. The number of hydrogen-bond donors (Lipinski definition) is 1. The Labute approximate surface area is 269 Å². The lowest BCUT2D eigenvalue weighted by Gasteiger charge is -2.52. The van der Waals surface area contributed by atoms with E-state index in [2.05, 4.69) is 27.7 Å². The molecule has 4 aromatic rings. The van der Waals surface area contributed by atoms with Gasteiger partial charge in [-0.1, -0.05) is 29.8 Å². The number of aromatic nitrogens is 3. The van der Waals surface area contributed by atoms with E-state index in [1.807, 2.05) is 36.6 Å². The monoisotopic (exact) mass is 645 g/mol. The van der Waals surface area contributed by atoms with Crippen LogP contribution in [-0.4, -0.2) is 45.0 Å². The van der Waals surface area contributed by atoms with Gasteiger partial charge in [-0.25, -0.2) is 14.8 Å². The SMILES string of the molecule is CSc1cc(Cl)ccc1COc1cccc(C2=CCC3(CC2)CN(c2nc4sc(C(=O)O)cc4n2CC2(CC#N)CC2)C3)n1. The Morgan fingerprint density at radius 3 is 2.75 bits per heavy atom. The zero-order chi connectivity index (χ0) is 30.5. The number of thioether (sulfide) groups is 1. The lowest BCUT2D eigenvalue weighted by atomic mass is 9.69. The van der Waals surface area contributed by atoms with Crippen LogP contribution in [0.2, 0.25) is 5.02 Å². The van der Waals surface area contributed by atoms with Crippen molar-refractivity contribution in [3.8, 4) is 11.9 Å². The first-order valence-corrected chi connectivity index (χ1v) is 17.2. The fraction of sp³-hybridized carbons (Fsp3) is 0.394. The highest BCUT2D eigenvalue weighted by atomic mass is 35.5. The van der Waals surface area contributed by atoms with E-state index in [0.29, 0.717) is 30.3 Å². The number of nitrogens with zero attached hydrogens (tertiary/aromatic N) is 5. The summed E-state index contributed by atoms with van der Waals surface area (Å²) in [5, 5.41) is 19.7. The lowest BCUT2D eigenvalue weighted by molar-refractivity contribution is 0.0702. The Morgan fingerprint density at radius 2 is 2.05 bits per heavy atom. The molecule has 1 saturated heterocycles. The highest BCUT2D eigenvalue weighted by Crippen LogP contribution is 2.52. The number of hydrogen-bond acceptors (Lipinski definition) is 8. The molecule has 11 heteroatoms. The number of aromatic carboxylic acids is 1. The topological polar surface area (TPSA) is 104 Å². The van der Waals surface area contributed by atoms with Crippen molar-refractivity contribution in [1.82, 2.24) is 14.5 Å². The number of ether oxygens (including phenoxy) is 1. The zero-order valence-corrected chi connectivity index (χ0v) is 26.8. The summed E-state index contributed by atoms with van der Waals surface area (Å²) >= 11 is 9.03. The third-order valence-corrected chi connectivity index (χ3v) is 11.3. The van der Waals surface area contributed by atoms with E-state index in [1.165, 1.54) is 16.9 Å². The van der Waals surface area contributed by atoms with Crippen LogP contribution in [0, 0.1) is 22.2 Å². The molecule has 3 aliphatic rings. The first-order chi connectivity index (χ1) is 21.3. The number of benzene rings is 1. The molecule has 4 heterocycles. The summed E-state index contributed by atoms with van der Waals surface area (Å²) in [7, 11) is 0. The van der Waals surface area contributed by atoms with Crippen molar-refractivity contribution in [3.63, 3.8) is 0 Å². The van der Waals surface area contributed by atoms with Crippen molar-refractivity contribution in [2.75, 3.05) is 24.2 Å². The molecule has 226 valence electrons. The number of rotatable bonds is 10. The molecule has 0 radical (unpaired) electrons. The summed E-state index contributed by atoms with van der Waals surface area (Å²) in [5.74, 6) is 0.595. The minimum Gasteiger partial charge on any atom is -0.477 e. The van der Waals surface area contributed by atoms with Gasteiger partial charge >= 0.3 is 5.97 Å². The van der Waals surface area contributed by atoms with Crippen molar-refractivity contribution in [3.05, 3.63) is 69.7 Å². The standard InChI is InChI=1S/C33H32ClN5O3S2/c1-43-26-15-23(34)6-5-22(26)17-42-28-4-2-3-24(36-28)21-7-9-33(10-8-21)18-38(19-33)31-37-29-25(16-27(44-29)30(40)41)39(31)20-32(11-12-32)13-14-35/h2-7,15-16H,8-13,17-20H2,1H3,(H,40,41). The first kappa shape index (κ1) is 29.2. The maximum atomic E-state index is 11.6.